The molecule has 0 aromatic carbocycles. The van der Waals surface area contributed by atoms with Crippen molar-refractivity contribution in [2.45, 2.75) is 25.8 Å². The maximum Gasteiger partial charge on any atom is 0.0285 e. The molecule has 0 bridgehead atoms. The fourth-order valence-electron chi connectivity index (χ4n) is 1.94. The Bertz CT molecular complexity index is 149. The van der Waals surface area contributed by atoms with Crippen LogP contribution in [0, 0.1) is 0 Å². The normalized spacial score (nSPS) is 34.8. The van der Waals surface area contributed by atoms with Crippen LogP contribution in [0.1, 0.15) is 19.8 Å². The van der Waals surface area contributed by atoms with E-state index in [1.54, 1.807) is 5.57 Å². The zero-order valence-electron chi connectivity index (χ0n) is 5.93. The molecule has 1 fully saturated rings. The third-order valence-corrected chi connectivity index (χ3v) is 2.34. The summed E-state index contributed by atoms with van der Waals surface area (Å²) in [5, 5.41) is 0. The molecule has 1 atom stereocenters. The Labute approximate surface area is 56.4 Å². The van der Waals surface area contributed by atoms with Gasteiger partial charge in [-0.1, -0.05) is 11.6 Å². The van der Waals surface area contributed by atoms with E-state index in [-0.39, 0.29) is 0 Å². The zero-order valence-corrected chi connectivity index (χ0v) is 5.93. The van der Waals surface area contributed by atoms with E-state index in [4.69, 9.17) is 0 Å². The average Bonchev–Trinajstić information content (AvgIpc) is 2.22. The number of rotatable bonds is 0. The lowest BCUT2D eigenvalue weighted by molar-refractivity contribution is 0.340. The number of hydrogen-bond acceptors (Lipinski definition) is 1. The molecule has 0 radical (unpaired) electrons. The summed E-state index contributed by atoms with van der Waals surface area (Å²) in [7, 11) is 0. The Morgan fingerprint density at radius 1 is 1.67 bits per heavy atom. The first-order valence-electron chi connectivity index (χ1n) is 3.77. The SMILES string of the molecule is CC1=CC2CCCN2C1. The first-order valence-corrected chi connectivity index (χ1v) is 3.77. The van der Waals surface area contributed by atoms with E-state index in [2.05, 4.69) is 17.9 Å². The Morgan fingerprint density at radius 3 is 3.33 bits per heavy atom. The largest absolute Gasteiger partial charge is 0.293 e. The van der Waals surface area contributed by atoms with E-state index in [1.165, 1.54) is 25.9 Å². The van der Waals surface area contributed by atoms with E-state index in [9.17, 15) is 0 Å². The van der Waals surface area contributed by atoms with Crippen LogP contribution in [0.15, 0.2) is 11.6 Å². The Kier molecular flexibility index (Phi) is 1.12. The van der Waals surface area contributed by atoms with Crippen LogP contribution in [0.25, 0.3) is 0 Å². The first kappa shape index (κ1) is 5.48. The van der Waals surface area contributed by atoms with E-state index in [0.717, 1.165) is 6.04 Å². The summed E-state index contributed by atoms with van der Waals surface area (Å²) in [6, 6.07) is 0.824. The van der Waals surface area contributed by atoms with Gasteiger partial charge < -0.3 is 0 Å². The molecule has 0 aromatic rings. The van der Waals surface area contributed by atoms with Gasteiger partial charge in [0.15, 0.2) is 0 Å². The Hall–Kier alpha value is -0.300. The number of nitrogens with zero attached hydrogens (tertiary/aromatic N) is 1. The molecule has 1 nitrogen and oxygen atoms in total. The van der Waals surface area contributed by atoms with Crippen molar-refractivity contribution in [2.75, 3.05) is 13.1 Å². The van der Waals surface area contributed by atoms with Gasteiger partial charge in [0, 0.05) is 12.6 Å². The summed E-state index contributed by atoms with van der Waals surface area (Å²) in [4.78, 5) is 2.56. The van der Waals surface area contributed by atoms with E-state index >= 15 is 0 Å². The highest BCUT2D eigenvalue weighted by Gasteiger charge is 2.26. The third-order valence-electron chi connectivity index (χ3n) is 2.34. The van der Waals surface area contributed by atoms with Crippen molar-refractivity contribution in [3.8, 4) is 0 Å². The minimum Gasteiger partial charge on any atom is -0.293 e. The van der Waals surface area contributed by atoms with Gasteiger partial charge in [-0.05, 0) is 26.3 Å². The van der Waals surface area contributed by atoms with Gasteiger partial charge in [0.1, 0.15) is 0 Å². The molecule has 0 saturated carbocycles. The van der Waals surface area contributed by atoms with Crippen LogP contribution < -0.4 is 0 Å². The topological polar surface area (TPSA) is 3.24 Å². The highest BCUT2D eigenvalue weighted by atomic mass is 15.2. The second-order valence-corrected chi connectivity index (χ2v) is 3.19. The molecule has 0 aromatic heterocycles. The molecule has 50 valence electrons. The molecule has 2 aliphatic rings. The molecule has 0 N–H and O–H groups in total. The third kappa shape index (κ3) is 0.799. The molecule has 2 rings (SSSR count). The molecule has 1 heteroatoms. The van der Waals surface area contributed by atoms with E-state index in [1.807, 2.05) is 0 Å². The van der Waals surface area contributed by atoms with Crippen LogP contribution in [0.5, 0.6) is 0 Å². The van der Waals surface area contributed by atoms with Gasteiger partial charge in [0.25, 0.3) is 0 Å². The van der Waals surface area contributed by atoms with Crippen LogP contribution in [0.4, 0.5) is 0 Å². The Morgan fingerprint density at radius 2 is 2.56 bits per heavy atom. The summed E-state index contributed by atoms with van der Waals surface area (Å²) in [6.45, 7) is 4.81. The predicted molar refractivity (Wildman–Crippen MR) is 38.4 cm³/mol. The van der Waals surface area contributed by atoms with Gasteiger partial charge in [-0.25, -0.2) is 0 Å². The minimum absolute atomic E-state index is 0.824. The minimum atomic E-state index is 0.824. The predicted octanol–water partition coefficient (Wildman–Crippen LogP) is 1.41. The van der Waals surface area contributed by atoms with Crippen LogP contribution in [0.3, 0.4) is 0 Å². The van der Waals surface area contributed by atoms with Crippen LogP contribution in [-0.2, 0) is 0 Å². The zero-order chi connectivity index (χ0) is 6.27. The highest BCUT2D eigenvalue weighted by molar-refractivity contribution is 5.15. The number of hydrogen-bond donors (Lipinski definition) is 0. The van der Waals surface area contributed by atoms with Crippen molar-refractivity contribution < 1.29 is 0 Å². The molecule has 1 saturated heterocycles. The molecule has 2 aliphatic heterocycles. The maximum absolute atomic E-state index is 2.56. The van der Waals surface area contributed by atoms with Crippen molar-refractivity contribution in [2.24, 2.45) is 0 Å². The van der Waals surface area contributed by atoms with E-state index in [0.29, 0.717) is 0 Å². The second-order valence-electron chi connectivity index (χ2n) is 3.19. The van der Waals surface area contributed by atoms with Gasteiger partial charge in [-0.3, -0.25) is 4.90 Å². The van der Waals surface area contributed by atoms with Crippen LogP contribution in [0.2, 0.25) is 0 Å². The quantitative estimate of drug-likeness (QED) is 0.440. The van der Waals surface area contributed by atoms with Crippen LogP contribution in [-0.4, -0.2) is 24.0 Å². The number of fused-ring (bicyclic) bond motifs is 1. The summed E-state index contributed by atoms with van der Waals surface area (Å²) >= 11 is 0. The Balaban J connectivity index is 2.13. The highest BCUT2D eigenvalue weighted by Crippen LogP contribution is 2.25. The van der Waals surface area contributed by atoms with Gasteiger partial charge in [-0.15, -0.1) is 0 Å². The van der Waals surface area contributed by atoms with Crippen molar-refractivity contribution >= 4 is 0 Å². The molecular formula is C8H13N. The summed E-state index contributed by atoms with van der Waals surface area (Å²) in [6.07, 6.45) is 5.23. The summed E-state index contributed by atoms with van der Waals surface area (Å²) < 4.78 is 0. The van der Waals surface area contributed by atoms with Crippen molar-refractivity contribution in [3.05, 3.63) is 11.6 Å². The van der Waals surface area contributed by atoms with Gasteiger partial charge in [-0.2, -0.15) is 0 Å². The van der Waals surface area contributed by atoms with Gasteiger partial charge in [0.2, 0.25) is 0 Å². The summed E-state index contributed by atoms with van der Waals surface area (Å²) in [5.74, 6) is 0. The first-order chi connectivity index (χ1) is 4.36. The second kappa shape index (κ2) is 1.84. The fraction of sp³-hybridized carbons (Fsp3) is 0.750. The monoisotopic (exact) mass is 123 g/mol. The van der Waals surface area contributed by atoms with Gasteiger partial charge >= 0.3 is 0 Å². The van der Waals surface area contributed by atoms with Crippen molar-refractivity contribution in [3.63, 3.8) is 0 Å². The van der Waals surface area contributed by atoms with Gasteiger partial charge in [0.05, 0.1) is 0 Å². The smallest absolute Gasteiger partial charge is 0.0285 e. The average molecular weight is 123 g/mol. The molecule has 1 unspecified atom stereocenters. The molecule has 9 heavy (non-hydrogen) atoms. The lowest BCUT2D eigenvalue weighted by atomic mass is 10.2. The fourth-order valence-corrected chi connectivity index (χ4v) is 1.94. The summed E-state index contributed by atoms with van der Waals surface area (Å²) in [5.41, 5.74) is 1.57. The van der Waals surface area contributed by atoms with E-state index < -0.39 is 0 Å². The van der Waals surface area contributed by atoms with Crippen LogP contribution >= 0.6 is 0 Å². The molecule has 0 amide bonds. The molecule has 0 spiro atoms. The lowest BCUT2D eigenvalue weighted by Gasteiger charge is -2.12. The standard InChI is InChI=1S/C8H13N/c1-7-5-8-3-2-4-9(8)6-7/h5,8H,2-4,6H2,1H3. The van der Waals surface area contributed by atoms with Crippen molar-refractivity contribution in [1.82, 2.24) is 4.90 Å². The lowest BCUT2D eigenvalue weighted by Crippen LogP contribution is -2.22. The molecule has 0 aliphatic carbocycles. The maximum atomic E-state index is 2.56. The van der Waals surface area contributed by atoms with Crippen molar-refractivity contribution in [1.29, 1.82) is 0 Å². The molecular weight excluding hydrogens is 110 g/mol. The molecule has 2 heterocycles.